The van der Waals surface area contributed by atoms with Crippen LogP contribution in [0.5, 0.6) is 0 Å². The van der Waals surface area contributed by atoms with Crippen LogP contribution in [0.4, 0.5) is 4.39 Å². The van der Waals surface area contributed by atoms with Gasteiger partial charge in [-0.05, 0) is 35.5 Å². The Hall–Kier alpha value is -0.360. The summed E-state index contributed by atoms with van der Waals surface area (Å²) in [6, 6.07) is 3.78. The van der Waals surface area contributed by atoms with Gasteiger partial charge in [0.05, 0.1) is 10.6 Å². The number of halogens is 3. The van der Waals surface area contributed by atoms with Crippen LogP contribution in [0.25, 0.3) is 0 Å². The van der Waals surface area contributed by atoms with E-state index in [0.29, 0.717) is 12.1 Å². The third-order valence-electron chi connectivity index (χ3n) is 2.27. The number of carbonyl (C=O) groups excluding carboxylic acids is 1. The van der Waals surface area contributed by atoms with Crippen molar-refractivity contribution in [1.29, 1.82) is 0 Å². The van der Waals surface area contributed by atoms with Crippen molar-refractivity contribution in [2.75, 3.05) is 11.0 Å². The Balaban J connectivity index is 2.42. The average Bonchev–Trinajstić information content (AvgIpc) is 2.28. The van der Waals surface area contributed by atoms with Crippen LogP contribution in [-0.2, 0) is 0 Å². The molecule has 5 heteroatoms. The molecule has 1 N–H and O–H groups in total. The highest BCUT2D eigenvalue weighted by Gasteiger charge is 2.09. The van der Waals surface area contributed by atoms with E-state index in [1.807, 2.05) is 0 Å². The molecule has 0 aliphatic carbocycles. The number of hydrogen-bond donors (Lipinski definition) is 1. The normalized spacial score (nSPS) is 10.3. The fraction of sp³-hybridized carbons (Fsp3) is 0.417. The fourth-order valence-electron chi connectivity index (χ4n) is 1.37. The summed E-state index contributed by atoms with van der Waals surface area (Å²) >= 11 is 8.11. The van der Waals surface area contributed by atoms with Crippen molar-refractivity contribution >= 4 is 40.1 Å². The molecular formula is C12H14ClFINO. The lowest BCUT2D eigenvalue weighted by Crippen LogP contribution is -2.24. The van der Waals surface area contributed by atoms with E-state index in [2.05, 4.69) is 27.9 Å². The Morgan fingerprint density at radius 2 is 2.12 bits per heavy atom. The first-order valence-electron chi connectivity index (χ1n) is 5.44. The van der Waals surface area contributed by atoms with E-state index in [0.717, 1.165) is 29.8 Å². The Bertz CT molecular complexity index is 387. The molecule has 0 aliphatic heterocycles. The molecule has 0 heterocycles. The van der Waals surface area contributed by atoms with Crippen molar-refractivity contribution < 1.29 is 9.18 Å². The zero-order valence-electron chi connectivity index (χ0n) is 9.31. The SMILES string of the molecule is O=C(NCCCCCI)c1ccc(F)cc1Cl. The summed E-state index contributed by atoms with van der Waals surface area (Å²) in [6.45, 7) is 0.628. The smallest absolute Gasteiger partial charge is 0.252 e. The van der Waals surface area contributed by atoms with Crippen molar-refractivity contribution in [3.8, 4) is 0 Å². The minimum Gasteiger partial charge on any atom is -0.352 e. The predicted octanol–water partition coefficient (Wildman–Crippen LogP) is 3.81. The molecule has 0 aliphatic rings. The monoisotopic (exact) mass is 369 g/mol. The first-order valence-corrected chi connectivity index (χ1v) is 7.34. The molecule has 2 nitrogen and oxygen atoms in total. The van der Waals surface area contributed by atoms with Gasteiger partial charge >= 0.3 is 0 Å². The number of amides is 1. The number of benzene rings is 1. The maximum Gasteiger partial charge on any atom is 0.252 e. The Kier molecular flexibility index (Phi) is 6.80. The largest absolute Gasteiger partial charge is 0.352 e. The van der Waals surface area contributed by atoms with E-state index in [9.17, 15) is 9.18 Å². The van der Waals surface area contributed by atoms with Crippen LogP contribution < -0.4 is 5.32 Å². The fourth-order valence-corrected chi connectivity index (χ4v) is 2.16. The van der Waals surface area contributed by atoms with E-state index >= 15 is 0 Å². The summed E-state index contributed by atoms with van der Waals surface area (Å²) in [5.41, 5.74) is 0.321. The van der Waals surface area contributed by atoms with Crippen molar-refractivity contribution in [2.45, 2.75) is 19.3 Å². The number of unbranched alkanes of at least 4 members (excludes halogenated alkanes) is 2. The van der Waals surface area contributed by atoms with Gasteiger partial charge in [-0.25, -0.2) is 4.39 Å². The third kappa shape index (κ3) is 5.21. The molecule has 17 heavy (non-hydrogen) atoms. The molecule has 1 amide bonds. The molecule has 0 atom stereocenters. The van der Waals surface area contributed by atoms with Crippen molar-refractivity contribution in [1.82, 2.24) is 5.32 Å². The Labute approximate surface area is 119 Å². The molecule has 0 bridgehead atoms. The lowest BCUT2D eigenvalue weighted by molar-refractivity contribution is 0.0953. The molecule has 0 saturated heterocycles. The van der Waals surface area contributed by atoms with Crippen LogP contribution in [0.3, 0.4) is 0 Å². The lowest BCUT2D eigenvalue weighted by Gasteiger charge is -2.06. The van der Waals surface area contributed by atoms with E-state index in [1.54, 1.807) is 0 Å². The first-order chi connectivity index (χ1) is 8.15. The van der Waals surface area contributed by atoms with Gasteiger partial charge in [0.2, 0.25) is 0 Å². The maximum absolute atomic E-state index is 12.8. The molecule has 1 aromatic rings. The summed E-state index contributed by atoms with van der Waals surface area (Å²) < 4.78 is 13.9. The van der Waals surface area contributed by atoms with Gasteiger partial charge in [0, 0.05) is 6.54 Å². The summed E-state index contributed by atoms with van der Waals surface area (Å²) in [6.07, 6.45) is 3.21. The first kappa shape index (κ1) is 14.7. The summed E-state index contributed by atoms with van der Waals surface area (Å²) in [4.78, 5) is 11.7. The second-order valence-electron chi connectivity index (χ2n) is 3.63. The zero-order chi connectivity index (χ0) is 12.7. The molecule has 0 fully saturated rings. The average molecular weight is 370 g/mol. The van der Waals surface area contributed by atoms with Gasteiger partial charge in [0.25, 0.3) is 5.91 Å². The summed E-state index contributed by atoms with van der Waals surface area (Å²) in [7, 11) is 0. The molecule has 1 aromatic carbocycles. The predicted molar refractivity (Wildman–Crippen MR) is 76.5 cm³/mol. The van der Waals surface area contributed by atoms with Gasteiger partial charge < -0.3 is 5.32 Å². The second-order valence-corrected chi connectivity index (χ2v) is 5.12. The van der Waals surface area contributed by atoms with Crippen molar-refractivity contribution in [3.05, 3.63) is 34.6 Å². The number of rotatable bonds is 6. The molecule has 0 spiro atoms. The quantitative estimate of drug-likeness (QED) is 0.461. The topological polar surface area (TPSA) is 29.1 Å². The number of alkyl halides is 1. The van der Waals surface area contributed by atoms with Crippen LogP contribution in [0.15, 0.2) is 18.2 Å². The minimum absolute atomic E-state index is 0.148. The highest BCUT2D eigenvalue weighted by atomic mass is 127. The van der Waals surface area contributed by atoms with Gasteiger partial charge in [-0.2, -0.15) is 0 Å². The van der Waals surface area contributed by atoms with E-state index in [4.69, 9.17) is 11.6 Å². The number of hydrogen-bond acceptors (Lipinski definition) is 1. The molecule has 0 radical (unpaired) electrons. The Morgan fingerprint density at radius 3 is 2.76 bits per heavy atom. The van der Waals surface area contributed by atoms with E-state index < -0.39 is 5.82 Å². The van der Waals surface area contributed by atoms with Crippen LogP contribution in [0.2, 0.25) is 5.02 Å². The Morgan fingerprint density at radius 1 is 1.35 bits per heavy atom. The lowest BCUT2D eigenvalue weighted by atomic mass is 10.2. The van der Waals surface area contributed by atoms with E-state index in [-0.39, 0.29) is 10.9 Å². The second kappa shape index (κ2) is 7.87. The van der Waals surface area contributed by atoms with Gasteiger partial charge in [-0.3, -0.25) is 4.79 Å². The van der Waals surface area contributed by atoms with E-state index in [1.165, 1.54) is 12.1 Å². The maximum atomic E-state index is 12.8. The minimum atomic E-state index is -0.436. The zero-order valence-corrected chi connectivity index (χ0v) is 12.2. The molecule has 94 valence electrons. The molecular weight excluding hydrogens is 355 g/mol. The van der Waals surface area contributed by atoms with Crippen LogP contribution in [0, 0.1) is 5.82 Å². The van der Waals surface area contributed by atoms with Crippen LogP contribution in [-0.4, -0.2) is 16.9 Å². The standard InChI is InChI=1S/C12H14ClFINO/c13-11-8-9(14)4-5-10(11)12(17)16-7-3-1-2-6-15/h4-5,8H,1-3,6-7H2,(H,16,17). The highest BCUT2D eigenvalue weighted by Crippen LogP contribution is 2.16. The van der Waals surface area contributed by atoms with Gasteiger partial charge in [0.1, 0.15) is 5.82 Å². The highest BCUT2D eigenvalue weighted by molar-refractivity contribution is 14.1. The molecule has 0 saturated carbocycles. The van der Waals surface area contributed by atoms with Crippen LogP contribution >= 0.6 is 34.2 Å². The number of carbonyl (C=O) groups is 1. The van der Waals surface area contributed by atoms with Gasteiger partial charge in [-0.15, -0.1) is 0 Å². The molecule has 1 rings (SSSR count). The van der Waals surface area contributed by atoms with Gasteiger partial charge in [-0.1, -0.05) is 40.6 Å². The van der Waals surface area contributed by atoms with Crippen LogP contribution in [0.1, 0.15) is 29.6 Å². The summed E-state index contributed by atoms with van der Waals surface area (Å²) in [5, 5.41) is 2.92. The van der Waals surface area contributed by atoms with Crippen molar-refractivity contribution in [3.63, 3.8) is 0 Å². The molecule has 0 unspecified atom stereocenters. The number of nitrogens with one attached hydrogen (secondary N) is 1. The third-order valence-corrected chi connectivity index (χ3v) is 3.35. The van der Waals surface area contributed by atoms with Gasteiger partial charge in [0.15, 0.2) is 0 Å². The molecule has 0 aromatic heterocycles. The summed E-state index contributed by atoms with van der Waals surface area (Å²) in [5.74, 6) is -0.682. The van der Waals surface area contributed by atoms with Crippen molar-refractivity contribution in [2.24, 2.45) is 0 Å².